The van der Waals surface area contributed by atoms with Crippen LogP contribution in [0.15, 0.2) is 12.1 Å². The molecule has 3 unspecified atom stereocenters. The van der Waals surface area contributed by atoms with Gasteiger partial charge in [-0.15, -0.1) is 0 Å². The number of amides is 1. The van der Waals surface area contributed by atoms with Crippen molar-refractivity contribution in [2.75, 3.05) is 30.4 Å². The molecule has 5 nitrogen and oxygen atoms in total. The van der Waals surface area contributed by atoms with Crippen molar-refractivity contribution in [3.63, 3.8) is 0 Å². The zero-order valence-electron chi connectivity index (χ0n) is 12.4. The fraction of sp³-hybridized carbons (Fsp3) is 0.533. The minimum Gasteiger partial charge on any atom is -0.378 e. The van der Waals surface area contributed by atoms with E-state index in [4.69, 9.17) is 0 Å². The van der Waals surface area contributed by atoms with Crippen molar-refractivity contribution in [3.8, 4) is 0 Å². The second-order valence-electron chi connectivity index (χ2n) is 6.05. The van der Waals surface area contributed by atoms with E-state index in [0.717, 1.165) is 13.1 Å². The van der Waals surface area contributed by atoms with Gasteiger partial charge in [0.15, 0.2) is 6.10 Å². The van der Waals surface area contributed by atoms with E-state index in [1.165, 1.54) is 6.07 Å². The molecule has 2 heterocycles. The maximum atomic E-state index is 14.4. The number of likely N-dealkylation sites (N-methyl/N-ethyl adjacent to an activating group) is 1. The SMILES string of the molecule is CC1CN(c2cc3c(cc2F)C(O)C(=O)N3)CC(C)N1C. The number of aliphatic hydroxyl groups excluding tert-OH is 1. The molecule has 0 radical (unpaired) electrons. The van der Waals surface area contributed by atoms with E-state index in [1.807, 2.05) is 4.90 Å². The minimum absolute atomic E-state index is 0.316. The van der Waals surface area contributed by atoms with Crippen molar-refractivity contribution in [3.05, 3.63) is 23.5 Å². The number of carbonyl (C=O) groups excluding carboxylic acids is 1. The van der Waals surface area contributed by atoms with Gasteiger partial charge < -0.3 is 15.3 Å². The molecular formula is C15H20FN3O2. The van der Waals surface area contributed by atoms with Crippen LogP contribution in [0.1, 0.15) is 25.5 Å². The van der Waals surface area contributed by atoms with Crippen LogP contribution in [0.4, 0.5) is 15.8 Å². The molecule has 3 rings (SSSR count). The van der Waals surface area contributed by atoms with Gasteiger partial charge in [-0.3, -0.25) is 9.69 Å². The van der Waals surface area contributed by atoms with Gasteiger partial charge in [-0.05, 0) is 33.0 Å². The van der Waals surface area contributed by atoms with Crippen LogP contribution in [0, 0.1) is 5.82 Å². The molecule has 2 N–H and O–H groups in total. The molecule has 0 aliphatic carbocycles. The Morgan fingerprint density at radius 2 is 1.90 bits per heavy atom. The lowest BCUT2D eigenvalue weighted by atomic mass is 10.1. The van der Waals surface area contributed by atoms with Crippen LogP contribution in [0.2, 0.25) is 0 Å². The third kappa shape index (κ3) is 2.28. The topological polar surface area (TPSA) is 55.8 Å². The van der Waals surface area contributed by atoms with Crippen molar-refractivity contribution in [1.29, 1.82) is 0 Å². The largest absolute Gasteiger partial charge is 0.378 e. The van der Waals surface area contributed by atoms with Crippen LogP contribution >= 0.6 is 0 Å². The minimum atomic E-state index is -1.27. The Labute approximate surface area is 123 Å². The van der Waals surface area contributed by atoms with Gasteiger partial charge in [0.25, 0.3) is 5.91 Å². The number of anilines is 2. The highest BCUT2D eigenvalue weighted by molar-refractivity contribution is 6.02. The van der Waals surface area contributed by atoms with Gasteiger partial charge >= 0.3 is 0 Å². The van der Waals surface area contributed by atoms with Gasteiger partial charge in [0.05, 0.1) is 5.69 Å². The Balaban J connectivity index is 1.94. The lowest BCUT2D eigenvalue weighted by molar-refractivity contribution is -0.123. The number of piperazine rings is 1. The first-order valence-electron chi connectivity index (χ1n) is 7.17. The van der Waals surface area contributed by atoms with E-state index < -0.39 is 17.8 Å². The van der Waals surface area contributed by atoms with Crippen LogP contribution in [-0.2, 0) is 4.79 Å². The van der Waals surface area contributed by atoms with Crippen molar-refractivity contribution in [2.24, 2.45) is 0 Å². The molecule has 3 atom stereocenters. The van der Waals surface area contributed by atoms with Crippen molar-refractivity contribution < 1.29 is 14.3 Å². The lowest BCUT2D eigenvalue weighted by Crippen LogP contribution is -2.55. The summed E-state index contributed by atoms with van der Waals surface area (Å²) < 4.78 is 14.4. The van der Waals surface area contributed by atoms with E-state index in [0.29, 0.717) is 29.0 Å². The van der Waals surface area contributed by atoms with Crippen LogP contribution in [0.3, 0.4) is 0 Å². The molecule has 1 aromatic rings. The molecule has 0 aromatic heterocycles. The molecule has 1 amide bonds. The first kappa shape index (κ1) is 14.3. The normalized spacial score (nSPS) is 29.5. The zero-order valence-corrected chi connectivity index (χ0v) is 12.4. The quantitative estimate of drug-likeness (QED) is 0.820. The Hall–Kier alpha value is -1.66. The fourth-order valence-electron chi connectivity index (χ4n) is 3.10. The molecule has 21 heavy (non-hydrogen) atoms. The summed E-state index contributed by atoms with van der Waals surface area (Å²) in [4.78, 5) is 15.7. The molecule has 1 aromatic carbocycles. The van der Waals surface area contributed by atoms with Crippen molar-refractivity contribution in [1.82, 2.24) is 4.90 Å². The molecule has 114 valence electrons. The number of halogens is 1. The number of fused-ring (bicyclic) bond motifs is 1. The van der Waals surface area contributed by atoms with Gasteiger partial charge in [-0.25, -0.2) is 4.39 Å². The summed E-state index contributed by atoms with van der Waals surface area (Å²) >= 11 is 0. The molecule has 2 aliphatic rings. The highest BCUT2D eigenvalue weighted by Gasteiger charge is 2.33. The molecule has 2 aliphatic heterocycles. The molecule has 0 saturated carbocycles. The van der Waals surface area contributed by atoms with E-state index in [2.05, 4.69) is 31.1 Å². The van der Waals surface area contributed by atoms with E-state index >= 15 is 0 Å². The van der Waals surface area contributed by atoms with Crippen molar-refractivity contribution in [2.45, 2.75) is 32.0 Å². The van der Waals surface area contributed by atoms with Crippen LogP contribution in [-0.4, -0.2) is 48.1 Å². The molecule has 0 bridgehead atoms. The van der Waals surface area contributed by atoms with Crippen LogP contribution in [0.5, 0.6) is 0 Å². The lowest BCUT2D eigenvalue weighted by Gasteiger charge is -2.43. The average molecular weight is 293 g/mol. The predicted octanol–water partition coefficient (Wildman–Crippen LogP) is 1.34. The maximum Gasteiger partial charge on any atom is 0.257 e. The third-order valence-corrected chi connectivity index (χ3v) is 4.62. The summed E-state index contributed by atoms with van der Waals surface area (Å²) in [5.74, 6) is -0.894. The second kappa shape index (κ2) is 4.96. The zero-order chi connectivity index (χ0) is 15.3. The third-order valence-electron chi connectivity index (χ3n) is 4.62. The van der Waals surface area contributed by atoms with Gasteiger partial charge in [0.2, 0.25) is 0 Å². The smallest absolute Gasteiger partial charge is 0.257 e. The van der Waals surface area contributed by atoms with Gasteiger partial charge in [0, 0.05) is 36.4 Å². The van der Waals surface area contributed by atoms with Crippen LogP contribution in [0.25, 0.3) is 0 Å². The van der Waals surface area contributed by atoms with E-state index in [-0.39, 0.29) is 0 Å². The van der Waals surface area contributed by atoms with Gasteiger partial charge in [-0.2, -0.15) is 0 Å². The van der Waals surface area contributed by atoms with Crippen LogP contribution < -0.4 is 10.2 Å². The number of hydrogen-bond donors (Lipinski definition) is 2. The molecule has 0 spiro atoms. The van der Waals surface area contributed by atoms with E-state index in [1.54, 1.807) is 6.07 Å². The molecule has 6 heteroatoms. The Morgan fingerprint density at radius 3 is 2.52 bits per heavy atom. The fourth-order valence-corrected chi connectivity index (χ4v) is 3.10. The highest BCUT2D eigenvalue weighted by Crippen LogP contribution is 2.36. The summed E-state index contributed by atoms with van der Waals surface area (Å²) in [7, 11) is 2.07. The first-order chi connectivity index (χ1) is 9.88. The number of nitrogens with zero attached hydrogens (tertiary/aromatic N) is 2. The Bertz CT molecular complexity index is 581. The molecular weight excluding hydrogens is 273 g/mol. The first-order valence-corrected chi connectivity index (χ1v) is 7.17. The average Bonchev–Trinajstić information content (AvgIpc) is 2.70. The number of nitrogens with one attached hydrogen (secondary N) is 1. The number of hydrogen-bond acceptors (Lipinski definition) is 4. The Morgan fingerprint density at radius 1 is 1.29 bits per heavy atom. The summed E-state index contributed by atoms with van der Waals surface area (Å²) in [6.45, 7) is 5.68. The summed E-state index contributed by atoms with van der Waals surface area (Å²) in [6.07, 6.45) is -1.27. The number of benzene rings is 1. The summed E-state index contributed by atoms with van der Waals surface area (Å²) in [6, 6.07) is 3.54. The number of rotatable bonds is 1. The molecule has 1 fully saturated rings. The Kier molecular flexibility index (Phi) is 3.37. The summed E-state index contributed by atoms with van der Waals surface area (Å²) in [5.41, 5.74) is 1.30. The predicted molar refractivity (Wildman–Crippen MR) is 78.9 cm³/mol. The number of aliphatic hydroxyl groups is 1. The highest BCUT2D eigenvalue weighted by atomic mass is 19.1. The number of carbonyl (C=O) groups is 1. The van der Waals surface area contributed by atoms with Gasteiger partial charge in [0.1, 0.15) is 5.82 Å². The monoisotopic (exact) mass is 293 g/mol. The second-order valence-corrected chi connectivity index (χ2v) is 6.05. The molecule has 1 saturated heterocycles. The van der Waals surface area contributed by atoms with Crippen molar-refractivity contribution >= 4 is 17.3 Å². The van der Waals surface area contributed by atoms with Gasteiger partial charge in [-0.1, -0.05) is 0 Å². The van der Waals surface area contributed by atoms with E-state index in [9.17, 15) is 14.3 Å². The summed E-state index contributed by atoms with van der Waals surface area (Å²) in [5, 5.41) is 12.3. The maximum absolute atomic E-state index is 14.4. The standard InChI is InChI=1S/C15H20FN3O2/c1-8-6-19(7-9(2)18(8)3)13-5-12-10(4-11(13)16)14(20)15(21)17-12/h4-5,8-9,14,20H,6-7H2,1-3H3,(H,17,21).